The predicted octanol–water partition coefficient (Wildman–Crippen LogP) is 3.21. The summed E-state index contributed by atoms with van der Waals surface area (Å²) in [6, 6.07) is 6.96. The molecule has 0 spiro atoms. The van der Waals surface area contributed by atoms with E-state index in [1.807, 2.05) is 19.2 Å². The van der Waals surface area contributed by atoms with Crippen LogP contribution in [0.2, 0.25) is 0 Å². The predicted molar refractivity (Wildman–Crippen MR) is 75.2 cm³/mol. The van der Waals surface area contributed by atoms with Crippen LogP contribution in [0.5, 0.6) is 0 Å². The van der Waals surface area contributed by atoms with Gasteiger partial charge in [-0.2, -0.15) is 0 Å². The highest BCUT2D eigenvalue weighted by atomic mass is 19.1. The van der Waals surface area contributed by atoms with E-state index >= 15 is 0 Å². The fraction of sp³-hybridized carbons (Fsp3) is 0.600. The second-order valence-corrected chi connectivity index (χ2v) is 5.10. The molecule has 0 saturated heterocycles. The minimum Gasteiger partial charge on any atom is -0.311 e. The zero-order valence-corrected chi connectivity index (χ0v) is 12.1. The van der Waals surface area contributed by atoms with Gasteiger partial charge in [0, 0.05) is 11.6 Å². The van der Waals surface area contributed by atoms with Crippen molar-refractivity contribution in [3.63, 3.8) is 0 Å². The highest BCUT2D eigenvalue weighted by molar-refractivity contribution is 5.23. The fourth-order valence-electron chi connectivity index (χ4n) is 2.80. The Hall–Kier alpha value is -0.930. The molecule has 0 radical (unpaired) electrons. The van der Waals surface area contributed by atoms with Crippen LogP contribution >= 0.6 is 0 Å². The standard InChI is InChI=1S/C15H25FN2/c1-6-18(7-2)15(3,4)14(17-5)12-8-10-13(16)11-9-12/h8-11,14,17H,6-7H2,1-5H3. The van der Waals surface area contributed by atoms with Gasteiger partial charge in [0.05, 0.1) is 0 Å². The van der Waals surface area contributed by atoms with E-state index < -0.39 is 0 Å². The molecule has 0 aliphatic heterocycles. The third-order valence-electron chi connectivity index (χ3n) is 3.78. The van der Waals surface area contributed by atoms with E-state index in [1.165, 1.54) is 12.1 Å². The molecule has 3 heteroatoms. The summed E-state index contributed by atoms with van der Waals surface area (Å²) in [5.41, 5.74) is 1.10. The number of hydrogen-bond donors (Lipinski definition) is 1. The Morgan fingerprint density at radius 2 is 1.67 bits per heavy atom. The Balaban J connectivity index is 3.04. The molecule has 1 aromatic rings. The molecule has 18 heavy (non-hydrogen) atoms. The summed E-state index contributed by atoms with van der Waals surface area (Å²) in [7, 11) is 1.96. The third-order valence-corrected chi connectivity index (χ3v) is 3.78. The lowest BCUT2D eigenvalue weighted by atomic mass is 9.87. The molecule has 0 saturated carbocycles. The molecule has 0 bridgehead atoms. The van der Waals surface area contributed by atoms with Crippen LogP contribution < -0.4 is 5.32 Å². The minimum atomic E-state index is -0.186. The average molecular weight is 252 g/mol. The summed E-state index contributed by atoms with van der Waals surface area (Å²) in [4.78, 5) is 2.41. The van der Waals surface area contributed by atoms with Gasteiger partial charge in [-0.25, -0.2) is 4.39 Å². The van der Waals surface area contributed by atoms with Gasteiger partial charge in [0.2, 0.25) is 0 Å². The molecule has 1 atom stereocenters. The molecule has 0 aliphatic carbocycles. The molecule has 102 valence electrons. The second-order valence-electron chi connectivity index (χ2n) is 5.10. The maximum absolute atomic E-state index is 13.0. The number of benzene rings is 1. The molecule has 1 rings (SSSR count). The smallest absolute Gasteiger partial charge is 0.123 e. The van der Waals surface area contributed by atoms with Crippen LogP contribution in [0.25, 0.3) is 0 Å². The van der Waals surface area contributed by atoms with Crippen LogP contribution in [-0.4, -0.2) is 30.6 Å². The van der Waals surface area contributed by atoms with Crippen LogP contribution in [0.1, 0.15) is 39.3 Å². The first-order valence-electron chi connectivity index (χ1n) is 6.65. The number of halogens is 1. The van der Waals surface area contributed by atoms with Crippen molar-refractivity contribution >= 4 is 0 Å². The zero-order chi connectivity index (χ0) is 13.8. The van der Waals surface area contributed by atoms with Gasteiger partial charge in [-0.1, -0.05) is 26.0 Å². The van der Waals surface area contributed by atoms with E-state index in [1.54, 1.807) is 0 Å². The van der Waals surface area contributed by atoms with Crippen molar-refractivity contribution in [3.05, 3.63) is 35.6 Å². The van der Waals surface area contributed by atoms with Gasteiger partial charge in [-0.3, -0.25) is 4.90 Å². The van der Waals surface area contributed by atoms with Crippen molar-refractivity contribution in [1.29, 1.82) is 0 Å². The van der Waals surface area contributed by atoms with Crippen LogP contribution in [0.4, 0.5) is 4.39 Å². The molecule has 0 fully saturated rings. The summed E-state index contributed by atoms with van der Waals surface area (Å²) in [5.74, 6) is -0.186. The molecule has 0 aliphatic rings. The monoisotopic (exact) mass is 252 g/mol. The quantitative estimate of drug-likeness (QED) is 0.836. The SMILES string of the molecule is CCN(CC)C(C)(C)C(NC)c1ccc(F)cc1. The van der Waals surface area contributed by atoms with E-state index in [9.17, 15) is 4.39 Å². The van der Waals surface area contributed by atoms with E-state index in [4.69, 9.17) is 0 Å². The van der Waals surface area contributed by atoms with Gasteiger partial charge < -0.3 is 5.32 Å². The number of rotatable bonds is 6. The van der Waals surface area contributed by atoms with Crippen molar-refractivity contribution < 1.29 is 4.39 Å². The summed E-state index contributed by atoms with van der Waals surface area (Å²) in [6.45, 7) is 10.8. The number of likely N-dealkylation sites (N-methyl/N-ethyl adjacent to an activating group) is 2. The normalized spacial score (nSPS) is 13.9. The summed E-state index contributed by atoms with van der Waals surface area (Å²) < 4.78 is 13.0. The Kier molecular flexibility index (Phi) is 5.29. The van der Waals surface area contributed by atoms with Crippen LogP contribution in [-0.2, 0) is 0 Å². The molecular weight excluding hydrogens is 227 g/mol. The van der Waals surface area contributed by atoms with E-state index in [0.717, 1.165) is 18.7 Å². The van der Waals surface area contributed by atoms with Crippen LogP contribution in [0.3, 0.4) is 0 Å². The van der Waals surface area contributed by atoms with E-state index in [2.05, 4.69) is 37.9 Å². The Morgan fingerprint density at radius 1 is 1.17 bits per heavy atom. The molecule has 0 amide bonds. The van der Waals surface area contributed by atoms with Gasteiger partial charge in [-0.05, 0) is 51.7 Å². The lowest BCUT2D eigenvalue weighted by Crippen LogP contribution is -2.51. The highest BCUT2D eigenvalue weighted by Crippen LogP contribution is 2.30. The fourth-order valence-corrected chi connectivity index (χ4v) is 2.80. The zero-order valence-electron chi connectivity index (χ0n) is 12.1. The minimum absolute atomic E-state index is 0.0178. The highest BCUT2D eigenvalue weighted by Gasteiger charge is 2.33. The first-order chi connectivity index (χ1) is 8.47. The largest absolute Gasteiger partial charge is 0.311 e. The Bertz CT molecular complexity index is 355. The average Bonchev–Trinajstić information content (AvgIpc) is 2.33. The summed E-state index contributed by atoms with van der Waals surface area (Å²) >= 11 is 0. The first kappa shape index (κ1) is 15.1. The van der Waals surface area contributed by atoms with E-state index in [0.29, 0.717) is 0 Å². The molecular formula is C15H25FN2. The Labute approximate surface area is 110 Å². The van der Waals surface area contributed by atoms with Crippen molar-refractivity contribution in [2.45, 2.75) is 39.3 Å². The lowest BCUT2D eigenvalue weighted by Gasteiger charge is -2.43. The van der Waals surface area contributed by atoms with Gasteiger partial charge >= 0.3 is 0 Å². The third kappa shape index (κ3) is 3.09. The number of hydrogen-bond acceptors (Lipinski definition) is 2. The lowest BCUT2D eigenvalue weighted by molar-refractivity contribution is 0.0944. The summed E-state index contributed by atoms with van der Waals surface area (Å²) in [5, 5.41) is 3.36. The van der Waals surface area contributed by atoms with Crippen LogP contribution in [0, 0.1) is 5.82 Å². The van der Waals surface area contributed by atoms with Crippen molar-refractivity contribution in [1.82, 2.24) is 10.2 Å². The van der Waals surface area contributed by atoms with Crippen molar-refractivity contribution in [3.8, 4) is 0 Å². The molecule has 1 unspecified atom stereocenters. The number of nitrogens with zero attached hydrogens (tertiary/aromatic N) is 1. The maximum atomic E-state index is 13.0. The van der Waals surface area contributed by atoms with Crippen molar-refractivity contribution in [2.75, 3.05) is 20.1 Å². The summed E-state index contributed by atoms with van der Waals surface area (Å²) in [6.07, 6.45) is 0. The van der Waals surface area contributed by atoms with Gasteiger partial charge in [0.1, 0.15) is 5.82 Å². The van der Waals surface area contributed by atoms with E-state index in [-0.39, 0.29) is 17.4 Å². The maximum Gasteiger partial charge on any atom is 0.123 e. The Morgan fingerprint density at radius 3 is 2.06 bits per heavy atom. The molecule has 0 aromatic heterocycles. The van der Waals surface area contributed by atoms with Gasteiger partial charge in [0.15, 0.2) is 0 Å². The molecule has 0 heterocycles. The van der Waals surface area contributed by atoms with Gasteiger partial charge in [-0.15, -0.1) is 0 Å². The number of nitrogens with one attached hydrogen (secondary N) is 1. The van der Waals surface area contributed by atoms with Crippen molar-refractivity contribution in [2.24, 2.45) is 0 Å². The van der Waals surface area contributed by atoms with Crippen LogP contribution in [0.15, 0.2) is 24.3 Å². The second kappa shape index (κ2) is 6.30. The topological polar surface area (TPSA) is 15.3 Å². The molecule has 2 nitrogen and oxygen atoms in total. The van der Waals surface area contributed by atoms with Gasteiger partial charge in [0.25, 0.3) is 0 Å². The first-order valence-corrected chi connectivity index (χ1v) is 6.65. The molecule has 1 aromatic carbocycles. The molecule has 1 N–H and O–H groups in total.